The molecule has 6 nitrogen and oxygen atoms in total. The van der Waals surface area contributed by atoms with Crippen LogP contribution in [0.5, 0.6) is 5.75 Å². The van der Waals surface area contributed by atoms with Gasteiger partial charge in [0.05, 0.1) is 25.0 Å². The van der Waals surface area contributed by atoms with E-state index in [1.165, 1.54) is 0 Å². The molecule has 7 heteroatoms. The monoisotopic (exact) mass is 375 g/mol. The Morgan fingerprint density at radius 2 is 2.00 bits per heavy atom. The summed E-state index contributed by atoms with van der Waals surface area (Å²) in [5.74, 6) is 0.722. The summed E-state index contributed by atoms with van der Waals surface area (Å²) in [6.07, 6.45) is 0.0863. The van der Waals surface area contributed by atoms with Crippen molar-refractivity contribution in [3.05, 3.63) is 29.1 Å². The van der Waals surface area contributed by atoms with Crippen LogP contribution in [0.15, 0.2) is 23.6 Å². The van der Waals surface area contributed by atoms with E-state index in [9.17, 15) is 4.79 Å². The van der Waals surface area contributed by atoms with Gasteiger partial charge >= 0.3 is 0 Å². The number of carbonyl (C=O) groups is 1. The SMILES string of the molecule is COc1ccc(C(=O)N2CC(C)OC(C)C2)cc1-c1csc(N(C)C)n1. The van der Waals surface area contributed by atoms with Gasteiger partial charge in [0.25, 0.3) is 5.91 Å². The lowest BCUT2D eigenvalue weighted by atomic mass is 10.1. The molecule has 0 saturated carbocycles. The first-order valence-electron chi connectivity index (χ1n) is 8.65. The Hall–Kier alpha value is -2.12. The van der Waals surface area contributed by atoms with Crippen molar-refractivity contribution in [1.29, 1.82) is 0 Å². The Kier molecular flexibility index (Phi) is 5.48. The Labute approximate surface area is 158 Å². The Morgan fingerprint density at radius 3 is 2.58 bits per heavy atom. The molecule has 1 aliphatic rings. The molecular weight excluding hydrogens is 350 g/mol. The highest BCUT2D eigenvalue weighted by atomic mass is 32.1. The number of amides is 1. The first-order valence-corrected chi connectivity index (χ1v) is 9.53. The number of thiazole rings is 1. The molecule has 1 amide bonds. The second-order valence-corrected chi connectivity index (χ2v) is 7.63. The van der Waals surface area contributed by atoms with E-state index in [0.29, 0.717) is 24.4 Å². The second-order valence-electron chi connectivity index (χ2n) is 6.79. The maximum atomic E-state index is 13.0. The average molecular weight is 375 g/mol. The normalized spacial score (nSPS) is 20.1. The third-order valence-electron chi connectivity index (χ3n) is 4.30. The van der Waals surface area contributed by atoms with Gasteiger partial charge < -0.3 is 19.3 Å². The molecule has 0 bridgehead atoms. The third kappa shape index (κ3) is 3.83. The molecule has 26 heavy (non-hydrogen) atoms. The largest absolute Gasteiger partial charge is 0.496 e. The van der Waals surface area contributed by atoms with Crippen LogP contribution in [0.25, 0.3) is 11.3 Å². The van der Waals surface area contributed by atoms with Crippen molar-refractivity contribution < 1.29 is 14.3 Å². The van der Waals surface area contributed by atoms with Crippen molar-refractivity contribution in [2.45, 2.75) is 26.1 Å². The highest BCUT2D eigenvalue weighted by Gasteiger charge is 2.27. The molecule has 2 heterocycles. The van der Waals surface area contributed by atoms with E-state index >= 15 is 0 Å². The maximum Gasteiger partial charge on any atom is 0.254 e. The lowest BCUT2D eigenvalue weighted by molar-refractivity contribution is -0.0586. The van der Waals surface area contributed by atoms with Gasteiger partial charge in [0.15, 0.2) is 5.13 Å². The molecule has 2 unspecified atom stereocenters. The number of ether oxygens (including phenoxy) is 2. The first-order chi connectivity index (χ1) is 12.4. The number of rotatable bonds is 4. The molecular formula is C19H25N3O3S. The van der Waals surface area contributed by atoms with Gasteiger partial charge in [-0.25, -0.2) is 4.98 Å². The molecule has 1 fully saturated rings. The zero-order valence-corrected chi connectivity index (χ0v) is 16.7. The molecule has 2 atom stereocenters. The molecule has 0 aliphatic carbocycles. The zero-order chi connectivity index (χ0) is 18.8. The molecule has 3 rings (SSSR count). The van der Waals surface area contributed by atoms with Crippen molar-refractivity contribution in [3.63, 3.8) is 0 Å². The first kappa shape index (κ1) is 18.7. The lowest BCUT2D eigenvalue weighted by Crippen LogP contribution is -2.48. The molecule has 0 N–H and O–H groups in total. The van der Waals surface area contributed by atoms with E-state index in [2.05, 4.69) is 4.98 Å². The minimum absolute atomic E-state index is 0.0129. The number of carbonyl (C=O) groups excluding carboxylic acids is 1. The number of hydrogen-bond acceptors (Lipinski definition) is 6. The van der Waals surface area contributed by atoms with E-state index in [-0.39, 0.29) is 18.1 Å². The molecule has 1 aliphatic heterocycles. The van der Waals surface area contributed by atoms with Gasteiger partial charge in [0.1, 0.15) is 5.75 Å². The van der Waals surface area contributed by atoms with E-state index in [1.54, 1.807) is 18.4 Å². The minimum Gasteiger partial charge on any atom is -0.496 e. The number of hydrogen-bond donors (Lipinski definition) is 0. The van der Waals surface area contributed by atoms with E-state index < -0.39 is 0 Å². The van der Waals surface area contributed by atoms with Gasteiger partial charge in [0, 0.05) is 43.7 Å². The fraction of sp³-hybridized carbons (Fsp3) is 0.474. The van der Waals surface area contributed by atoms with Crippen LogP contribution in [-0.4, -0.2) is 62.3 Å². The third-order valence-corrected chi connectivity index (χ3v) is 5.31. The molecule has 1 aromatic carbocycles. The van der Waals surface area contributed by atoms with E-state index in [0.717, 1.165) is 16.4 Å². The van der Waals surface area contributed by atoms with Crippen molar-refractivity contribution >= 4 is 22.4 Å². The molecule has 0 spiro atoms. The van der Waals surface area contributed by atoms with Gasteiger partial charge in [-0.1, -0.05) is 0 Å². The average Bonchev–Trinajstić information content (AvgIpc) is 3.10. The molecule has 2 aromatic rings. The molecule has 1 aromatic heterocycles. The van der Waals surface area contributed by atoms with E-state index in [4.69, 9.17) is 9.47 Å². The summed E-state index contributed by atoms with van der Waals surface area (Å²) >= 11 is 1.56. The highest BCUT2D eigenvalue weighted by Crippen LogP contribution is 2.34. The van der Waals surface area contributed by atoms with Gasteiger partial charge in [-0.2, -0.15) is 0 Å². The summed E-state index contributed by atoms with van der Waals surface area (Å²) in [5, 5.41) is 2.90. The Bertz CT molecular complexity index is 780. The fourth-order valence-electron chi connectivity index (χ4n) is 3.16. The minimum atomic E-state index is 0.0129. The number of methoxy groups -OCH3 is 1. The number of aromatic nitrogens is 1. The fourth-order valence-corrected chi connectivity index (χ4v) is 3.92. The van der Waals surface area contributed by atoms with Crippen LogP contribution in [0.3, 0.4) is 0 Å². The number of nitrogens with zero attached hydrogens (tertiary/aromatic N) is 3. The number of morpholine rings is 1. The van der Waals surface area contributed by atoms with Crippen LogP contribution in [0.4, 0.5) is 5.13 Å². The van der Waals surface area contributed by atoms with Gasteiger partial charge in [-0.15, -0.1) is 11.3 Å². The van der Waals surface area contributed by atoms with Crippen molar-refractivity contribution in [2.24, 2.45) is 0 Å². The summed E-state index contributed by atoms with van der Waals surface area (Å²) in [4.78, 5) is 21.5. The van der Waals surface area contributed by atoms with Gasteiger partial charge in [-0.3, -0.25) is 4.79 Å². The second kappa shape index (κ2) is 7.63. The highest BCUT2D eigenvalue weighted by molar-refractivity contribution is 7.14. The summed E-state index contributed by atoms with van der Waals surface area (Å²) in [5.41, 5.74) is 2.28. The van der Waals surface area contributed by atoms with Crippen molar-refractivity contribution in [3.8, 4) is 17.0 Å². The quantitative estimate of drug-likeness (QED) is 0.822. The Balaban J connectivity index is 1.92. The maximum absolute atomic E-state index is 13.0. The Morgan fingerprint density at radius 1 is 1.31 bits per heavy atom. The topological polar surface area (TPSA) is 54.9 Å². The van der Waals surface area contributed by atoms with Gasteiger partial charge in [0.2, 0.25) is 0 Å². The van der Waals surface area contributed by atoms with Crippen LogP contribution in [0.1, 0.15) is 24.2 Å². The summed E-state index contributed by atoms with van der Waals surface area (Å²) < 4.78 is 11.2. The van der Waals surface area contributed by atoms with Gasteiger partial charge in [-0.05, 0) is 32.0 Å². The van der Waals surface area contributed by atoms with Crippen LogP contribution in [0.2, 0.25) is 0 Å². The predicted molar refractivity (Wildman–Crippen MR) is 104 cm³/mol. The number of anilines is 1. The lowest BCUT2D eigenvalue weighted by Gasteiger charge is -2.35. The predicted octanol–water partition coefficient (Wildman–Crippen LogP) is 3.13. The number of benzene rings is 1. The smallest absolute Gasteiger partial charge is 0.254 e. The van der Waals surface area contributed by atoms with Crippen LogP contribution in [0, 0.1) is 0 Å². The van der Waals surface area contributed by atoms with Crippen molar-refractivity contribution in [2.75, 3.05) is 39.2 Å². The summed E-state index contributed by atoms with van der Waals surface area (Å²) in [6, 6.07) is 5.53. The molecule has 1 saturated heterocycles. The van der Waals surface area contributed by atoms with Crippen molar-refractivity contribution in [1.82, 2.24) is 9.88 Å². The van der Waals surface area contributed by atoms with Crippen LogP contribution >= 0.6 is 11.3 Å². The molecule has 0 radical (unpaired) electrons. The standard InChI is InChI=1S/C19H25N3O3S/c1-12-9-22(10-13(2)25-12)18(23)14-6-7-17(24-5)15(8-14)16-11-26-19(20-16)21(3)4/h6-8,11-13H,9-10H2,1-5H3. The van der Waals surface area contributed by atoms with Crippen LogP contribution in [-0.2, 0) is 4.74 Å². The summed E-state index contributed by atoms with van der Waals surface area (Å²) in [6.45, 7) is 5.19. The zero-order valence-electron chi connectivity index (χ0n) is 15.9. The van der Waals surface area contributed by atoms with E-state index in [1.807, 2.05) is 61.3 Å². The summed E-state index contributed by atoms with van der Waals surface area (Å²) in [7, 11) is 5.55. The van der Waals surface area contributed by atoms with Crippen LogP contribution < -0.4 is 9.64 Å². The molecule has 140 valence electrons.